The molecule has 0 spiro atoms. The van der Waals surface area contributed by atoms with Gasteiger partial charge in [0.25, 0.3) is 11.8 Å². The fourth-order valence-corrected chi connectivity index (χ4v) is 2.43. The second-order valence-electron chi connectivity index (χ2n) is 6.04. The summed E-state index contributed by atoms with van der Waals surface area (Å²) in [6, 6.07) is 10.3. The predicted octanol–water partition coefficient (Wildman–Crippen LogP) is 4.57. The Morgan fingerprint density at radius 1 is 1.06 bits per heavy atom. The number of allylic oxidation sites excluding steroid dienone is 2. The number of nitrogens with one attached hydrogen (secondary N) is 3. The van der Waals surface area contributed by atoms with Gasteiger partial charge in [-0.2, -0.15) is 18.4 Å². The minimum Gasteiger partial charge on any atom is -0.322 e. The lowest BCUT2D eigenvalue weighted by Gasteiger charge is -2.15. The van der Waals surface area contributed by atoms with Crippen LogP contribution in [0.3, 0.4) is 0 Å². The largest absolute Gasteiger partial charge is 0.418 e. The number of carbonyl (C=O) groups excluding carboxylic acids is 2. The number of amides is 2. The van der Waals surface area contributed by atoms with Gasteiger partial charge in [-0.05, 0) is 42.5 Å². The van der Waals surface area contributed by atoms with Gasteiger partial charge in [0, 0.05) is 16.8 Å². The predicted molar refractivity (Wildman–Crippen MR) is 111 cm³/mol. The molecule has 6 nitrogen and oxygen atoms in total. The monoisotopic (exact) mass is 426 g/mol. The molecule has 0 aliphatic carbocycles. The Hall–Kier alpha value is -4.32. The number of carbonyl (C=O) groups is 2. The number of hydrogen-bond acceptors (Lipinski definition) is 4. The van der Waals surface area contributed by atoms with Gasteiger partial charge in [0.1, 0.15) is 0 Å². The lowest BCUT2D eigenvalue weighted by atomic mass is 10.1. The highest BCUT2D eigenvalue weighted by molar-refractivity contribution is 6.06. The summed E-state index contributed by atoms with van der Waals surface area (Å²) in [5.74, 6) is -1.12. The molecule has 0 aliphatic heterocycles. The van der Waals surface area contributed by atoms with Crippen molar-refractivity contribution < 1.29 is 22.8 Å². The normalized spacial score (nSPS) is 11.1. The molecule has 0 fully saturated rings. The van der Waals surface area contributed by atoms with E-state index in [9.17, 15) is 22.8 Å². The Morgan fingerprint density at radius 3 is 2.29 bits per heavy atom. The van der Waals surface area contributed by atoms with Crippen LogP contribution in [0.5, 0.6) is 0 Å². The van der Waals surface area contributed by atoms with Gasteiger partial charge in [-0.3, -0.25) is 20.4 Å². The maximum atomic E-state index is 13.2. The lowest BCUT2D eigenvalue weighted by Crippen LogP contribution is -2.30. The van der Waals surface area contributed by atoms with Crippen LogP contribution in [0.25, 0.3) is 0 Å². The van der Waals surface area contributed by atoms with Crippen LogP contribution in [0.15, 0.2) is 79.4 Å². The van der Waals surface area contributed by atoms with Gasteiger partial charge in [0.2, 0.25) is 0 Å². The lowest BCUT2D eigenvalue weighted by molar-refractivity contribution is -0.137. The molecular formula is C22H17F3N4O2. The molecule has 0 saturated carbocycles. The van der Waals surface area contributed by atoms with E-state index in [0.717, 1.165) is 6.07 Å². The van der Waals surface area contributed by atoms with E-state index < -0.39 is 29.2 Å². The standard InChI is InChI=1S/C22H17F3N4O2/c1-3-5-15(4-2)20(30)27-17-9-7-16(8-10-17)21(31)29-28-19-11-6-14(13-26)12-18(19)22(23,24)25/h3-12,28H,1-2H2,(H,27,30)(H,29,31)/b15-5+. The summed E-state index contributed by atoms with van der Waals surface area (Å²) in [5.41, 5.74) is 3.58. The molecule has 0 radical (unpaired) electrons. The molecule has 0 bridgehead atoms. The van der Waals surface area contributed by atoms with Crippen LogP contribution in [-0.4, -0.2) is 11.8 Å². The Morgan fingerprint density at radius 2 is 1.74 bits per heavy atom. The Kier molecular flexibility index (Phi) is 7.36. The summed E-state index contributed by atoms with van der Waals surface area (Å²) in [6.45, 7) is 7.04. The Bertz CT molecular complexity index is 1080. The number of anilines is 2. The molecule has 0 aromatic heterocycles. The minimum absolute atomic E-state index is 0.137. The van der Waals surface area contributed by atoms with E-state index >= 15 is 0 Å². The highest BCUT2D eigenvalue weighted by Crippen LogP contribution is 2.35. The third-order valence-electron chi connectivity index (χ3n) is 3.95. The highest BCUT2D eigenvalue weighted by Gasteiger charge is 2.34. The first kappa shape index (κ1) is 23.0. The molecule has 158 valence electrons. The number of halogens is 3. The van der Waals surface area contributed by atoms with Gasteiger partial charge < -0.3 is 5.32 Å². The molecule has 0 aliphatic rings. The molecular weight excluding hydrogens is 409 g/mol. The number of hydrogen-bond donors (Lipinski definition) is 3. The Labute approximate surface area is 176 Å². The van der Waals surface area contributed by atoms with E-state index in [1.165, 1.54) is 48.6 Å². The van der Waals surface area contributed by atoms with Crippen molar-refractivity contribution in [2.75, 3.05) is 10.7 Å². The van der Waals surface area contributed by atoms with Crippen molar-refractivity contribution in [1.29, 1.82) is 5.26 Å². The first-order valence-electron chi connectivity index (χ1n) is 8.74. The van der Waals surface area contributed by atoms with Gasteiger partial charge in [-0.25, -0.2) is 0 Å². The van der Waals surface area contributed by atoms with Crippen molar-refractivity contribution in [3.63, 3.8) is 0 Å². The first-order chi connectivity index (χ1) is 14.7. The summed E-state index contributed by atoms with van der Waals surface area (Å²) in [4.78, 5) is 24.3. The average molecular weight is 426 g/mol. The smallest absolute Gasteiger partial charge is 0.322 e. The second kappa shape index (κ2) is 9.93. The summed E-state index contributed by atoms with van der Waals surface area (Å²) in [5, 5.41) is 11.4. The van der Waals surface area contributed by atoms with E-state index in [4.69, 9.17) is 5.26 Å². The average Bonchev–Trinajstić information content (AvgIpc) is 2.75. The molecule has 2 amide bonds. The van der Waals surface area contributed by atoms with E-state index in [1.54, 1.807) is 6.07 Å². The van der Waals surface area contributed by atoms with E-state index in [-0.39, 0.29) is 11.1 Å². The molecule has 2 aromatic rings. The van der Waals surface area contributed by atoms with E-state index in [1.807, 2.05) is 0 Å². The number of nitriles is 1. The van der Waals surface area contributed by atoms with Gasteiger partial charge in [0.05, 0.1) is 22.9 Å². The van der Waals surface area contributed by atoms with Crippen molar-refractivity contribution in [2.45, 2.75) is 6.18 Å². The van der Waals surface area contributed by atoms with Crippen molar-refractivity contribution >= 4 is 23.2 Å². The van der Waals surface area contributed by atoms with Crippen molar-refractivity contribution in [1.82, 2.24) is 5.43 Å². The fraction of sp³-hybridized carbons (Fsp3) is 0.0455. The third kappa shape index (κ3) is 6.08. The van der Waals surface area contributed by atoms with Crippen LogP contribution >= 0.6 is 0 Å². The maximum absolute atomic E-state index is 13.2. The molecule has 9 heteroatoms. The SMILES string of the molecule is C=C/C=C(\C=C)C(=O)Nc1ccc(C(=O)NNc2ccc(C#N)cc2C(F)(F)F)cc1. The third-order valence-corrected chi connectivity index (χ3v) is 3.95. The second-order valence-corrected chi connectivity index (χ2v) is 6.04. The zero-order valence-electron chi connectivity index (χ0n) is 16.1. The van der Waals surface area contributed by atoms with Gasteiger partial charge in [0.15, 0.2) is 0 Å². The zero-order chi connectivity index (χ0) is 23.0. The quantitative estimate of drug-likeness (QED) is 0.343. The van der Waals surface area contributed by atoms with E-state index in [2.05, 4.69) is 29.3 Å². The van der Waals surface area contributed by atoms with Crippen LogP contribution < -0.4 is 16.2 Å². The van der Waals surface area contributed by atoms with Crippen LogP contribution in [0, 0.1) is 11.3 Å². The van der Waals surface area contributed by atoms with Crippen LogP contribution in [0.2, 0.25) is 0 Å². The van der Waals surface area contributed by atoms with Gasteiger partial charge >= 0.3 is 6.18 Å². The zero-order valence-corrected chi connectivity index (χ0v) is 16.1. The van der Waals surface area contributed by atoms with Crippen LogP contribution in [0.1, 0.15) is 21.5 Å². The van der Waals surface area contributed by atoms with Crippen molar-refractivity contribution in [3.8, 4) is 6.07 Å². The molecule has 0 heterocycles. The molecule has 31 heavy (non-hydrogen) atoms. The fourth-order valence-electron chi connectivity index (χ4n) is 2.43. The van der Waals surface area contributed by atoms with Crippen molar-refractivity contribution in [3.05, 3.63) is 96.1 Å². The molecule has 0 saturated heterocycles. The first-order valence-corrected chi connectivity index (χ1v) is 8.74. The maximum Gasteiger partial charge on any atom is 0.418 e. The molecule has 0 unspecified atom stereocenters. The highest BCUT2D eigenvalue weighted by atomic mass is 19.4. The minimum atomic E-state index is -4.72. The number of nitrogens with zero attached hydrogens (tertiary/aromatic N) is 1. The number of rotatable bonds is 7. The summed E-state index contributed by atoms with van der Waals surface area (Å²) >= 11 is 0. The summed E-state index contributed by atoms with van der Waals surface area (Å²) < 4.78 is 39.5. The van der Waals surface area contributed by atoms with Gasteiger partial charge in [-0.15, -0.1) is 0 Å². The molecule has 3 N–H and O–H groups in total. The van der Waals surface area contributed by atoms with Crippen LogP contribution in [0.4, 0.5) is 24.5 Å². The van der Waals surface area contributed by atoms with Gasteiger partial charge in [-0.1, -0.05) is 31.4 Å². The van der Waals surface area contributed by atoms with Crippen LogP contribution in [-0.2, 0) is 11.0 Å². The number of benzene rings is 2. The van der Waals surface area contributed by atoms with E-state index in [0.29, 0.717) is 17.3 Å². The molecule has 0 atom stereocenters. The Balaban J connectivity index is 2.08. The topological polar surface area (TPSA) is 94.0 Å². The number of hydrazine groups is 1. The molecule has 2 aromatic carbocycles. The van der Waals surface area contributed by atoms with Crippen molar-refractivity contribution in [2.24, 2.45) is 0 Å². The molecule has 2 rings (SSSR count). The summed E-state index contributed by atoms with van der Waals surface area (Å²) in [6.07, 6.45) is -0.434. The number of alkyl halides is 3. The summed E-state index contributed by atoms with van der Waals surface area (Å²) in [7, 11) is 0.